The quantitative estimate of drug-likeness (QED) is 0.296. The van der Waals surface area contributed by atoms with Gasteiger partial charge in [-0.3, -0.25) is 14.6 Å². The fourth-order valence-electron chi connectivity index (χ4n) is 5.14. The molecular weight excluding hydrogens is 574 g/mol. The second kappa shape index (κ2) is 10.8. The maximum atomic E-state index is 15.3. The number of ether oxygens (including phenoxy) is 4. The number of allylic oxidation sites excluding steroid dienone is 3. The molecule has 2 amide bonds. The highest BCUT2D eigenvalue weighted by molar-refractivity contribution is 6.13. The van der Waals surface area contributed by atoms with Gasteiger partial charge in [-0.05, 0) is 56.0 Å². The van der Waals surface area contributed by atoms with Crippen LogP contribution in [0.2, 0.25) is 0 Å². The van der Waals surface area contributed by atoms with Gasteiger partial charge in [-0.25, -0.2) is 8.78 Å². The summed E-state index contributed by atoms with van der Waals surface area (Å²) in [6.07, 6.45) is 7.47. The van der Waals surface area contributed by atoms with Gasteiger partial charge >= 0.3 is 0 Å². The maximum absolute atomic E-state index is 15.3. The first kappa shape index (κ1) is 28.1. The van der Waals surface area contributed by atoms with E-state index in [9.17, 15) is 14.0 Å². The van der Waals surface area contributed by atoms with Gasteiger partial charge in [-0.2, -0.15) is 0 Å². The molecule has 10 nitrogen and oxygen atoms in total. The minimum atomic E-state index is -1.27. The van der Waals surface area contributed by atoms with Crippen LogP contribution >= 0.6 is 0 Å². The van der Waals surface area contributed by atoms with Crippen LogP contribution < -0.4 is 35.3 Å². The second-order valence-corrected chi connectivity index (χ2v) is 11.6. The number of hydrogen-bond acceptors (Lipinski definition) is 8. The molecule has 1 atom stereocenters. The van der Waals surface area contributed by atoms with Gasteiger partial charge in [0.1, 0.15) is 37.2 Å². The van der Waals surface area contributed by atoms with E-state index in [1.165, 1.54) is 30.5 Å². The number of nitrogens with two attached hydrogens (primary N) is 1. The molecular formula is C32H30F2N4O6. The van der Waals surface area contributed by atoms with Crippen LogP contribution in [-0.4, -0.2) is 48.3 Å². The lowest BCUT2D eigenvalue weighted by Crippen LogP contribution is -2.39. The number of carbonyl (C=O) groups excluding carboxylic acids is 2. The molecule has 12 heteroatoms. The van der Waals surface area contributed by atoms with Crippen LogP contribution in [0.5, 0.6) is 28.7 Å². The van der Waals surface area contributed by atoms with E-state index in [-0.39, 0.29) is 29.1 Å². The van der Waals surface area contributed by atoms with Gasteiger partial charge in [0, 0.05) is 36.1 Å². The zero-order valence-electron chi connectivity index (χ0n) is 23.7. The lowest BCUT2D eigenvalue weighted by molar-refractivity contribution is -0.133. The Morgan fingerprint density at radius 1 is 1.00 bits per heavy atom. The zero-order valence-corrected chi connectivity index (χ0v) is 23.7. The molecule has 1 unspecified atom stereocenters. The lowest BCUT2D eigenvalue weighted by Gasteiger charge is -2.24. The van der Waals surface area contributed by atoms with E-state index in [1.54, 1.807) is 18.2 Å². The summed E-state index contributed by atoms with van der Waals surface area (Å²) < 4.78 is 52.5. The number of anilines is 1. The van der Waals surface area contributed by atoms with Crippen molar-refractivity contribution >= 4 is 28.4 Å². The smallest absolute Gasteiger partial charge is 0.240 e. The number of halogens is 2. The van der Waals surface area contributed by atoms with Gasteiger partial charge in [-0.1, -0.05) is 6.08 Å². The molecule has 0 bridgehead atoms. The Morgan fingerprint density at radius 3 is 2.48 bits per heavy atom. The van der Waals surface area contributed by atoms with Crippen molar-refractivity contribution in [1.82, 2.24) is 10.3 Å². The number of benzene rings is 2. The highest BCUT2D eigenvalue weighted by Gasteiger charge is 2.56. The summed E-state index contributed by atoms with van der Waals surface area (Å²) in [5.74, 6) is -0.315. The molecule has 4 aliphatic rings. The topological polar surface area (TPSA) is 134 Å². The molecule has 228 valence electrons. The van der Waals surface area contributed by atoms with E-state index in [2.05, 4.69) is 15.6 Å². The van der Waals surface area contributed by atoms with Gasteiger partial charge in [0.25, 0.3) is 0 Å². The molecule has 0 saturated heterocycles. The molecule has 1 aliphatic heterocycles. The van der Waals surface area contributed by atoms with Crippen LogP contribution in [0.4, 0.5) is 14.5 Å². The van der Waals surface area contributed by atoms with E-state index in [0.717, 1.165) is 18.9 Å². The third kappa shape index (κ3) is 5.41. The van der Waals surface area contributed by atoms with Gasteiger partial charge in [0.05, 0.1) is 16.4 Å². The molecule has 3 aliphatic carbocycles. The van der Waals surface area contributed by atoms with Crippen LogP contribution in [0.25, 0.3) is 10.9 Å². The van der Waals surface area contributed by atoms with E-state index in [0.29, 0.717) is 66.5 Å². The minimum Gasteiger partial charge on any atom is -0.488 e. The Bertz CT molecular complexity index is 1730. The number of aromatic nitrogens is 1. The molecule has 2 heterocycles. The Morgan fingerprint density at radius 2 is 1.77 bits per heavy atom. The zero-order chi connectivity index (χ0) is 30.5. The van der Waals surface area contributed by atoms with E-state index < -0.39 is 29.2 Å². The molecule has 4 N–H and O–H groups in total. The number of amides is 2. The second-order valence-electron chi connectivity index (χ2n) is 11.6. The van der Waals surface area contributed by atoms with Crippen molar-refractivity contribution in [2.75, 3.05) is 25.1 Å². The summed E-state index contributed by atoms with van der Waals surface area (Å²) in [5.41, 5.74) is 5.71. The van der Waals surface area contributed by atoms with E-state index >= 15 is 4.39 Å². The molecule has 2 saturated carbocycles. The summed E-state index contributed by atoms with van der Waals surface area (Å²) in [6, 6.07) is 7.32. The first-order valence-electron chi connectivity index (χ1n) is 14.5. The van der Waals surface area contributed by atoms with Crippen molar-refractivity contribution in [3.05, 3.63) is 66.3 Å². The van der Waals surface area contributed by atoms with Crippen molar-refractivity contribution in [3.63, 3.8) is 0 Å². The number of nitrogens with zero attached hydrogens (tertiary/aromatic N) is 1. The summed E-state index contributed by atoms with van der Waals surface area (Å²) in [7, 11) is 0. The first-order valence-corrected chi connectivity index (χ1v) is 14.5. The summed E-state index contributed by atoms with van der Waals surface area (Å²) in [5, 5.41) is 5.82. The molecule has 44 heavy (non-hydrogen) atoms. The molecule has 7 rings (SSSR count). The van der Waals surface area contributed by atoms with Crippen molar-refractivity contribution in [2.45, 2.75) is 43.8 Å². The highest BCUT2D eigenvalue weighted by Crippen LogP contribution is 2.50. The molecule has 2 aromatic carbocycles. The molecule has 3 aromatic rings. The number of alkyl halides is 1. The molecule has 1 aromatic heterocycles. The predicted octanol–water partition coefficient (Wildman–Crippen LogP) is 4.82. The monoisotopic (exact) mass is 604 g/mol. The number of hydrogen-bond donors (Lipinski definition) is 3. The number of pyridine rings is 1. The standard InChI is InChI=1S/C32H30F2N4O6/c33-18-1-3-19(4-2-18)37-29(39)32(10-11-32)30(40)38-20-5-6-23(21(34)15-20)44-24-7-12-36-22-16-25(43-17-31(35)8-9-31)27-28(26(22)24)42-14-13-41-27/h1,3-7,12,15-16,18H,2,8-11,13-14,17,35H2,(H,37,39)(H,38,40). The van der Waals surface area contributed by atoms with E-state index in [1.807, 2.05) is 0 Å². The molecule has 0 radical (unpaired) electrons. The molecule has 2 fully saturated rings. The third-order valence-electron chi connectivity index (χ3n) is 8.18. The number of rotatable bonds is 9. The van der Waals surface area contributed by atoms with Gasteiger partial charge in [0.15, 0.2) is 23.1 Å². The maximum Gasteiger partial charge on any atom is 0.240 e. The summed E-state index contributed by atoms with van der Waals surface area (Å²) in [6.45, 7) is 0.967. The van der Waals surface area contributed by atoms with Gasteiger partial charge in [-0.15, -0.1) is 0 Å². The fraction of sp³-hybridized carbons (Fsp3) is 0.344. The SMILES string of the molecule is NC1(COc2cc3nccc(Oc4ccc(NC(=O)C5(C(=O)NC6=CCC(F)C=C6)CC5)cc4F)c3c3c2OCCO3)CC1. The average molecular weight is 605 g/mol. The number of carbonyl (C=O) groups is 2. The Balaban J connectivity index is 1.08. The normalized spacial score (nSPS) is 20.3. The Kier molecular flexibility index (Phi) is 6.88. The predicted molar refractivity (Wildman–Crippen MR) is 156 cm³/mol. The molecule has 0 spiro atoms. The number of fused-ring (bicyclic) bond motifs is 3. The van der Waals surface area contributed by atoms with Crippen LogP contribution in [-0.2, 0) is 9.59 Å². The van der Waals surface area contributed by atoms with E-state index in [4.69, 9.17) is 24.7 Å². The summed E-state index contributed by atoms with van der Waals surface area (Å²) >= 11 is 0. The van der Waals surface area contributed by atoms with Crippen LogP contribution in [0, 0.1) is 11.2 Å². The number of nitrogens with one attached hydrogen (secondary N) is 2. The minimum absolute atomic E-state index is 0.0961. The van der Waals surface area contributed by atoms with Crippen LogP contribution in [0.3, 0.4) is 0 Å². The van der Waals surface area contributed by atoms with Crippen LogP contribution in [0.1, 0.15) is 32.1 Å². The Hall–Kier alpha value is -4.71. The van der Waals surface area contributed by atoms with Gasteiger partial charge in [0.2, 0.25) is 17.6 Å². The highest BCUT2D eigenvalue weighted by atomic mass is 19.1. The summed E-state index contributed by atoms with van der Waals surface area (Å²) in [4.78, 5) is 30.4. The van der Waals surface area contributed by atoms with Crippen molar-refractivity contribution in [3.8, 4) is 28.7 Å². The fourth-order valence-corrected chi connectivity index (χ4v) is 5.14. The average Bonchev–Trinajstić information content (AvgIpc) is 3.96. The Labute approximate surface area is 251 Å². The lowest BCUT2D eigenvalue weighted by atomic mass is 10.0. The van der Waals surface area contributed by atoms with Crippen LogP contribution in [0.15, 0.2) is 60.5 Å². The van der Waals surface area contributed by atoms with Crippen molar-refractivity contribution < 1.29 is 37.3 Å². The first-order chi connectivity index (χ1) is 21.2. The van der Waals surface area contributed by atoms with Gasteiger partial charge < -0.3 is 35.3 Å². The largest absolute Gasteiger partial charge is 0.488 e. The third-order valence-corrected chi connectivity index (χ3v) is 8.18. The van der Waals surface area contributed by atoms with Crippen molar-refractivity contribution in [1.29, 1.82) is 0 Å². The van der Waals surface area contributed by atoms with Crippen molar-refractivity contribution in [2.24, 2.45) is 11.1 Å².